The fourth-order valence-corrected chi connectivity index (χ4v) is 6.85. The van der Waals surface area contributed by atoms with Gasteiger partial charge in [0.25, 0.3) is 0 Å². The zero-order valence-corrected chi connectivity index (χ0v) is 22.6. The summed E-state index contributed by atoms with van der Waals surface area (Å²) < 4.78 is 0. The van der Waals surface area contributed by atoms with E-state index in [-0.39, 0.29) is 10.8 Å². The Kier molecular flexibility index (Phi) is 5.84. The van der Waals surface area contributed by atoms with Gasteiger partial charge in [0.15, 0.2) is 6.29 Å². The normalized spacial score (nSPS) is 12.2. The lowest BCUT2D eigenvalue weighted by Gasteiger charge is -2.37. The van der Waals surface area contributed by atoms with Crippen molar-refractivity contribution in [3.8, 4) is 28.0 Å². The molecule has 1 N–H and O–H groups in total. The molecule has 0 amide bonds. The fraction of sp³-hybridized carbons (Fsp3) is 0.182. The standard InChI is InChI=1S/C33H32O2Si/c1-33(2,3)36(4,5)26-17-14-23(15-18-26)29-19-16-22-10-6-8-12-27(22)30(29)31-28-13-9-7-11-24(28)20-25(21-34)32(31)35/h6-21,35H,1-5H3. The molecule has 0 aliphatic rings. The van der Waals surface area contributed by atoms with Crippen LogP contribution >= 0.6 is 0 Å². The lowest BCUT2D eigenvalue weighted by molar-refractivity contribution is 0.112. The van der Waals surface area contributed by atoms with E-state index in [1.54, 1.807) is 6.07 Å². The summed E-state index contributed by atoms with van der Waals surface area (Å²) in [5.74, 6) is 0.0270. The molecule has 2 nitrogen and oxygen atoms in total. The zero-order valence-electron chi connectivity index (χ0n) is 21.6. The van der Waals surface area contributed by atoms with Crippen molar-refractivity contribution in [3.05, 3.63) is 96.6 Å². The van der Waals surface area contributed by atoms with Crippen molar-refractivity contribution >= 4 is 41.1 Å². The minimum absolute atomic E-state index is 0.0270. The summed E-state index contributed by atoms with van der Waals surface area (Å²) in [6, 6.07) is 31.2. The third-order valence-electron chi connectivity index (χ3n) is 8.15. The van der Waals surface area contributed by atoms with E-state index < -0.39 is 8.07 Å². The predicted octanol–water partition coefficient (Wildman–Crippen LogP) is 8.56. The Bertz CT molecular complexity index is 1610. The van der Waals surface area contributed by atoms with Gasteiger partial charge >= 0.3 is 0 Å². The van der Waals surface area contributed by atoms with Gasteiger partial charge in [-0.1, -0.05) is 124 Å². The topological polar surface area (TPSA) is 37.3 Å². The molecule has 5 aromatic rings. The number of hydrogen-bond acceptors (Lipinski definition) is 2. The van der Waals surface area contributed by atoms with E-state index in [1.165, 1.54) is 5.19 Å². The van der Waals surface area contributed by atoms with Gasteiger partial charge in [-0.05, 0) is 43.8 Å². The van der Waals surface area contributed by atoms with E-state index >= 15 is 0 Å². The van der Waals surface area contributed by atoms with Crippen LogP contribution in [0.2, 0.25) is 18.1 Å². The third kappa shape index (κ3) is 3.84. The van der Waals surface area contributed by atoms with E-state index in [1.807, 2.05) is 36.4 Å². The van der Waals surface area contributed by atoms with Gasteiger partial charge in [0.05, 0.1) is 13.6 Å². The van der Waals surface area contributed by atoms with Crippen molar-refractivity contribution in [1.29, 1.82) is 0 Å². The summed E-state index contributed by atoms with van der Waals surface area (Å²) >= 11 is 0. The SMILES string of the molecule is CC(C)(C)[Si](C)(C)c1ccc(-c2ccc3ccccc3c2-c2c(O)c(C=O)cc3ccccc23)cc1. The van der Waals surface area contributed by atoms with Gasteiger partial charge in [-0.2, -0.15) is 0 Å². The summed E-state index contributed by atoms with van der Waals surface area (Å²) in [7, 11) is -1.66. The molecule has 36 heavy (non-hydrogen) atoms. The van der Waals surface area contributed by atoms with Crippen LogP contribution in [0.25, 0.3) is 43.8 Å². The molecule has 3 heteroatoms. The number of carbonyl (C=O) groups excluding carboxylic acids is 1. The summed E-state index contributed by atoms with van der Waals surface area (Å²) in [6.45, 7) is 11.9. The second-order valence-electron chi connectivity index (χ2n) is 11.2. The molecule has 0 heterocycles. The van der Waals surface area contributed by atoms with Gasteiger partial charge in [0.2, 0.25) is 0 Å². The average Bonchev–Trinajstić information content (AvgIpc) is 2.87. The van der Waals surface area contributed by atoms with Crippen LogP contribution in [0.15, 0.2) is 91.0 Å². The predicted molar refractivity (Wildman–Crippen MR) is 156 cm³/mol. The highest BCUT2D eigenvalue weighted by molar-refractivity contribution is 6.92. The molecule has 0 saturated carbocycles. The first-order valence-electron chi connectivity index (χ1n) is 12.5. The molecule has 0 bridgehead atoms. The smallest absolute Gasteiger partial charge is 0.153 e. The number of phenols is 1. The molecule has 5 rings (SSSR count). The molecule has 0 aliphatic heterocycles. The molecule has 0 radical (unpaired) electrons. The molecule has 0 atom stereocenters. The molecule has 0 saturated heterocycles. The second kappa shape index (κ2) is 8.76. The Morgan fingerprint density at radius 3 is 1.92 bits per heavy atom. The maximum absolute atomic E-state index is 11.9. The zero-order chi connectivity index (χ0) is 25.7. The molecule has 5 aromatic carbocycles. The average molecular weight is 489 g/mol. The van der Waals surface area contributed by atoms with Crippen LogP contribution in [0.3, 0.4) is 0 Å². The van der Waals surface area contributed by atoms with Crippen LogP contribution < -0.4 is 5.19 Å². The van der Waals surface area contributed by atoms with Gasteiger partial charge < -0.3 is 5.11 Å². The van der Waals surface area contributed by atoms with E-state index in [0.29, 0.717) is 11.1 Å². The Balaban J connectivity index is 1.83. The highest BCUT2D eigenvalue weighted by Crippen LogP contribution is 2.46. The Hall–Kier alpha value is -3.69. The molecular weight excluding hydrogens is 456 g/mol. The summed E-state index contributed by atoms with van der Waals surface area (Å²) in [5, 5.41) is 17.1. The second-order valence-corrected chi connectivity index (χ2v) is 16.5. The highest BCUT2D eigenvalue weighted by atomic mass is 28.3. The van der Waals surface area contributed by atoms with Crippen LogP contribution in [0.5, 0.6) is 5.75 Å². The summed E-state index contributed by atoms with van der Waals surface area (Å²) in [5.41, 5.74) is 4.09. The summed E-state index contributed by atoms with van der Waals surface area (Å²) in [4.78, 5) is 11.9. The first-order valence-corrected chi connectivity index (χ1v) is 15.5. The molecule has 0 aliphatic carbocycles. The van der Waals surface area contributed by atoms with Crippen molar-refractivity contribution in [2.45, 2.75) is 38.9 Å². The van der Waals surface area contributed by atoms with Crippen molar-refractivity contribution < 1.29 is 9.90 Å². The van der Waals surface area contributed by atoms with Crippen LogP contribution in [-0.2, 0) is 0 Å². The number of fused-ring (bicyclic) bond motifs is 2. The highest BCUT2D eigenvalue weighted by Gasteiger charge is 2.36. The number of hydrogen-bond donors (Lipinski definition) is 1. The monoisotopic (exact) mass is 488 g/mol. The first kappa shape index (κ1) is 24.0. The molecule has 0 aromatic heterocycles. The van der Waals surface area contributed by atoms with Crippen LogP contribution in [0.4, 0.5) is 0 Å². The first-order chi connectivity index (χ1) is 17.1. The van der Waals surface area contributed by atoms with Gasteiger partial charge in [-0.25, -0.2) is 0 Å². The molecule has 180 valence electrons. The Labute approximate surface area is 214 Å². The fourth-order valence-electron chi connectivity index (χ4n) is 4.98. The van der Waals surface area contributed by atoms with Crippen molar-refractivity contribution in [1.82, 2.24) is 0 Å². The number of carbonyl (C=O) groups is 1. The van der Waals surface area contributed by atoms with E-state index in [2.05, 4.69) is 82.4 Å². The van der Waals surface area contributed by atoms with E-state index in [9.17, 15) is 9.90 Å². The maximum atomic E-state index is 11.9. The van der Waals surface area contributed by atoms with Gasteiger partial charge in [-0.15, -0.1) is 0 Å². The number of benzene rings is 5. The number of rotatable bonds is 4. The number of aromatic hydroxyl groups is 1. The number of aldehydes is 1. The molecule has 0 fully saturated rings. The van der Waals surface area contributed by atoms with Crippen molar-refractivity contribution in [2.75, 3.05) is 0 Å². The van der Waals surface area contributed by atoms with Gasteiger partial charge in [-0.3, -0.25) is 4.79 Å². The van der Waals surface area contributed by atoms with Crippen LogP contribution in [-0.4, -0.2) is 19.5 Å². The molecule has 0 spiro atoms. The van der Waals surface area contributed by atoms with E-state index in [0.717, 1.165) is 44.5 Å². The maximum Gasteiger partial charge on any atom is 0.153 e. The summed E-state index contributed by atoms with van der Waals surface area (Å²) in [6.07, 6.45) is 0.740. The molecule has 0 unspecified atom stereocenters. The Morgan fingerprint density at radius 1 is 0.722 bits per heavy atom. The van der Waals surface area contributed by atoms with Crippen molar-refractivity contribution in [2.24, 2.45) is 0 Å². The minimum Gasteiger partial charge on any atom is -0.507 e. The van der Waals surface area contributed by atoms with Crippen LogP contribution in [0.1, 0.15) is 31.1 Å². The van der Waals surface area contributed by atoms with Gasteiger partial charge in [0, 0.05) is 11.1 Å². The number of phenolic OH excluding ortho intramolecular Hbond substituents is 1. The third-order valence-corrected chi connectivity index (χ3v) is 13.7. The van der Waals surface area contributed by atoms with Crippen molar-refractivity contribution in [3.63, 3.8) is 0 Å². The lowest BCUT2D eigenvalue weighted by Crippen LogP contribution is -2.49. The lowest BCUT2D eigenvalue weighted by atomic mass is 9.86. The quantitative estimate of drug-likeness (QED) is 0.203. The Morgan fingerprint density at radius 2 is 1.31 bits per heavy atom. The molecular formula is C33H32O2Si. The largest absolute Gasteiger partial charge is 0.507 e. The van der Waals surface area contributed by atoms with Gasteiger partial charge in [0.1, 0.15) is 5.75 Å². The van der Waals surface area contributed by atoms with E-state index in [4.69, 9.17) is 0 Å². The minimum atomic E-state index is -1.66. The van der Waals surface area contributed by atoms with Crippen LogP contribution in [0, 0.1) is 0 Å².